The van der Waals surface area contributed by atoms with Crippen molar-refractivity contribution < 1.29 is 17.9 Å². The van der Waals surface area contributed by atoms with Crippen LogP contribution in [0.4, 0.5) is 4.79 Å². The maximum absolute atomic E-state index is 11.0. The number of ether oxygens (including phenoxy) is 1. The molecule has 1 amide bonds. The molecule has 0 atom stereocenters. The van der Waals surface area contributed by atoms with Crippen molar-refractivity contribution >= 4 is 49.2 Å². The van der Waals surface area contributed by atoms with Gasteiger partial charge in [-0.1, -0.05) is 29.3 Å². The summed E-state index contributed by atoms with van der Waals surface area (Å²) >= 11 is 11.3. The fourth-order valence-electron chi connectivity index (χ4n) is 0.783. The Morgan fingerprint density at radius 2 is 1.94 bits per heavy atom. The number of halogens is 3. The Morgan fingerprint density at radius 3 is 2.50 bits per heavy atom. The third kappa shape index (κ3) is 4.05. The van der Waals surface area contributed by atoms with Crippen LogP contribution in [0, 0.1) is 0 Å². The second-order valence-electron chi connectivity index (χ2n) is 2.48. The highest BCUT2D eigenvalue weighted by molar-refractivity contribution is 8.12. The molecule has 88 valence electrons. The number of carbonyl (C=O) groups is 1. The van der Waals surface area contributed by atoms with E-state index < -0.39 is 15.3 Å². The van der Waals surface area contributed by atoms with E-state index in [0.29, 0.717) is 0 Å². The molecule has 1 aromatic rings. The molecule has 0 unspecified atom stereocenters. The highest BCUT2D eigenvalue weighted by Gasteiger charge is 2.15. The SMILES string of the molecule is O=C(NS(=O)(=O)Cl)Oc1cccc(Cl)c1Cl. The number of amides is 1. The molecule has 0 aliphatic carbocycles. The lowest BCUT2D eigenvalue weighted by Gasteiger charge is -2.06. The van der Waals surface area contributed by atoms with Gasteiger partial charge in [0.15, 0.2) is 5.75 Å². The van der Waals surface area contributed by atoms with Gasteiger partial charge in [-0.05, 0) is 12.1 Å². The van der Waals surface area contributed by atoms with Gasteiger partial charge in [0, 0.05) is 10.7 Å². The molecule has 0 bridgehead atoms. The quantitative estimate of drug-likeness (QED) is 0.852. The summed E-state index contributed by atoms with van der Waals surface area (Å²) in [6.07, 6.45) is -1.28. The Balaban J connectivity index is 2.82. The predicted octanol–water partition coefficient (Wildman–Crippen LogP) is 2.57. The van der Waals surface area contributed by atoms with Crippen LogP contribution >= 0.6 is 33.9 Å². The first-order valence-corrected chi connectivity index (χ1v) is 6.74. The largest absolute Gasteiger partial charge is 0.427 e. The summed E-state index contributed by atoms with van der Waals surface area (Å²) in [5.74, 6) is -0.0769. The number of rotatable bonds is 2. The van der Waals surface area contributed by atoms with Crippen molar-refractivity contribution in [1.82, 2.24) is 4.72 Å². The molecule has 16 heavy (non-hydrogen) atoms. The maximum atomic E-state index is 11.0. The van der Waals surface area contributed by atoms with Crippen molar-refractivity contribution in [3.8, 4) is 5.75 Å². The van der Waals surface area contributed by atoms with E-state index in [4.69, 9.17) is 33.9 Å². The van der Waals surface area contributed by atoms with E-state index in [1.54, 1.807) is 0 Å². The zero-order chi connectivity index (χ0) is 12.3. The van der Waals surface area contributed by atoms with E-state index in [2.05, 4.69) is 4.74 Å². The Labute approximate surface area is 106 Å². The molecule has 1 rings (SSSR count). The molecule has 0 fully saturated rings. The first-order chi connectivity index (χ1) is 7.29. The number of nitrogens with one attached hydrogen (secondary N) is 1. The molecular formula is C7H4Cl3NO4S. The van der Waals surface area contributed by atoms with Gasteiger partial charge in [0.05, 0.1) is 5.02 Å². The summed E-state index contributed by atoms with van der Waals surface area (Å²) < 4.78 is 26.9. The number of benzene rings is 1. The second-order valence-corrected chi connectivity index (χ2v) is 5.57. The van der Waals surface area contributed by atoms with Crippen LogP contribution in [0.25, 0.3) is 0 Å². The van der Waals surface area contributed by atoms with Gasteiger partial charge in [-0.25, -0.2) is 9.52 Å². The standard InChI is InChI=1S/C7H4Cl3NO4S/c8-4-2-1-3-5(6(4)9)15-7(12)11-16(10,13)14/h1-3H,(H,11,12). The molecule has 0 saturated carbocycles. The first kappa shape index (κ1) is 13.4. The second kappa shape index (κ2) is 5.09. The van der Waals surface area contributed by atoms with Gasteiger partial charge in [-0.2, -0.15) is 8.42 Å². The maximum Gasteiger partial charge on any atom is 0.427 e. The lowest BCUT2D eigenvalue weighted by Crippen LogP contribution is -2.29. The van der Waals surface area contributed by atoms with Crippen LogP contribution in [-0.4, -0.2) is 14.5 Å². The lowest BCUT2D eigenvalue weighted by molar-refractivity contribution is 0.207. The fraction of sp³-hybridized carbons (Fsp3) is 0. The monoisotopic (exact) mass is 303 g/mol. The normalized spacial score (nSPS) is 10.9. The van der Waals surface area contributed by atoms with Crippen molar-refractivity contribution in [1.29, 1.82) is 0 Å². The van der Waals surface area contributed by atoms with Crippen molar-refractivity contribution in [2.45, 2.75) is 0 Å². The molecular weight excluding hydrogens is 301 g/mol. The van der Waals surface area contributed by atoms with Crippen molar-refractivity contribution in [2.24, 2.45) is 0 Å². The first-order valence-electron chi connectivity index (χ1n) is 3.68. The third-order valence-corrected chi connectivity index (χ3v) is 2.77. The van der Waals surface area contributed by atoms with Crippen LogP contribution in [-0.2, 0) is 9.24 Å². The molecule has 5 nitrogen and oxygen atoms in total. The average molecular weight is 305 g/mol. The van der Waals surface area contributed by atoms with Crippen LogP contribution in [0.15, 0.2) is 18.2 Å². The van der Waals surface area contributed by atoms with Crippen LogP contribution in [0.1, 0.15) is 0 Å². The topological polar surface area (TPSA) is 72.5 Å². The van der Waals surface area contributed by atoms with Gasteiger partial charge in [-0.15, -0.1) is 0 Å². The van der Waals surface area contributed by atoms with Crippen molar-refractivity contribution in [3.63, 3.8) is 0 Å². The molecule has 0 heterocycles. The highest BCUT2D eigenvalue weighted by atomic mass is 35.7. The van der Waals surface area contributed by atoms with E-state index in [9.17, 15) is 13.2 Å². The van der Waals surface area contributed by atoms with Gasteiger partial charge in [-0.3, -0.25) is 0 Å². The minimum Gasteiger partial charge on any atom is -0.408 e. The van der Waals surface area contributed by atoms with Crippen molar-refractivity contribution in [3.05, 3.63) is 28.2 Å². The van der Waals surface area contributed by atoms with Crippen molar-refractivity contribution in [2.75, 3.05) is 0 Å². The minimum atomic E-state index is -4.19. The van der Waals surface area contributed by atoms with Gasteiger partial charge >= 0.3 is 15.3 Å². The summed E-state index contributed by atoms with van der Waals surface area (Å²) in [6.45, 7) is 0. The minimum absolute atomic E-state index is 0.00807. The smallest absolute Gasteiger partial charge is 0.408 e. The van der Waals surface area contributed by atoms with E-state index in [1.807, 2.05) is 0 Å². The molecule has 0 radical (unpaired) electrons. The summed E-state index contributed by atoms with van der Waals surface area (Å²) in [6, 6.07) is 4.30. The van der Waals surface area contributed by atoms with Crippen LogP contribution in [0.2, 0.25) is 10.0 Å². The Kier molecular flexibility index (Phi) is 4.26. The predicted molar refractivity (Wildman–Crippen MR) is 60.4 cm³/mol. The summed E-state index contributed by atoms with van der Waals surface area (Å²) in [5.41, 5.74) is 0. The average Bonchev–Trinajstić information content (AvgIpc) is 2.09. The van der Waals surface area contributed by atoms with Crippen LogP contribution in [0.3, 0.4) is 0 Å². The number of hydrogen-bond donors (Lipinski definition) is 1. The van der Waals surface area contributed by atoms with E-state index >= 15 is 0 Å². The molecule has 0 aromatic heterocycles. The van der Waals surface area contributed by atoms with Gasteiger partial charge in [0.2, 0.25) is 0 Å². The molecule has 9 heteroatoms. The Hall–Kier alpha value is -0.690. The van der Waals surface area contributed by atoms with E-state index in [0.717, 1.165) is 0 Å². The zero-order valence-corrected chi connectivity index (χ0v) is 10.5. The van der Waals surface area contributed by atoms with E-state index in [-0.39, 0.29) is 15.8 Å². The molecule has 0 aliphatic heterocycles. The summed E-state index contributed by atoms with van der Waals surface area (Å²) in [5, 5.41) is 0.159. The third-order valence-electron chi connectivity index (χ3n) is 1.32. The Morgan fingerprint density at radius 1 is 1.31 bits per heavy atom. The number of carbonyl (C=O) groups excluding carboxylic acids is 1. The van der Waals surface area contributed by atoms with Crippen LogP contribution < -0.4 is 9.46 Å². The lowest BCUT2D eigenvalue weighted by atomic mass is 10.3. The summed E-state index contributed by atoms with van der Waals surface area (Å²) in [4.78, 5) is 11.0. The molecule has 0 aliphatic rings. The van der Waals surface area contributed by atoms with Gasteiger partial charge in [0.1, 0.15) is 5.02 Å². The number of hydrogen-bond acceptors (Lipinski definition) is 4. The van der Waals surface area contributed by atoms with Gasteiger partial charge in [0.25, 0.3) is 0 Å². The molecule has 0 saturated heterocycles. The van der Waals surface area contributed by atoms with Gasteiger partial charge < -0.3 is 4.74 Å². The summed E-state index contributed by atoms with van der Waals surface area (Å²) in [7, 11) is 0.572. The zero-order valence-electron chi connectivity index (χ0n) is 7.41. The molecule has 1 N–H and O–H groups in total. The fourth-order valence-corrected chi connectivity index (χ4v) is 1.54. The molecule has 0 spiro atoms. The Bertz CT molecular complexity index is 516. The highest BCUT2D eigenvalue weighted by Crippen LogP contribution is 2.31. The van der Waals surface area contributed by atoms with Crippen LogP contribution in [0.5, 0.6) is 5.75 Å². The van der Waals surface area contributed by atoms with E-state index in [1.165, 1.54) is 22.9 Å². The molecule has 1 aromatic carbocycles.